The first kappa shape index (κ1) is 28.6. The van der Waals surface area contributed by atoms with Gasteiger partial charge in [0.15, 0.2) is 6.10 Å². The summed E-state index contributed by atoms with van der Waals surface area (Å²) in [6.07, 6.45) is 0.0316. The number of anilines is 1. The van der Waals surface area contributed by atoms with Crippen LogP contribution >= 0.6 is 11.6 Å². The molecule has 1 saturated heterocycles. The van der Waals surface area contributed by atoms with Crippen LogP contribution in [0.3, 0.4) is 0 Å². The topological polar surface area (TPSA) is 103 Å². The highest BCUT2D eigenvalue weighted by molar-refractivity contribution is 6.33. The van der Waals surface area contributed by atoms with E-state index in [2.05, 4.69) is 21.7 Å². The van der Waals surface area contributed by atoms with E-state index in [1.165, 1.54) is 0 Å². The third kappa shape index (κ3) is 7.56. The van der Waals surface area contributed by atoms with Gasteiger partial charge in [0.25, 0.3) is 0 Å². The van der Waals surface area contributed by atoms with Crippen LogP contribution in [-0.4, -0.2) is 59.7 Å². The van der Waals surface area contributed by atoms with Crippen LogP contribution < -0.4 is 10.6 Å². The Labute approximate surface area is 225 Å². The number of halogens is 4. The third-order valence-electron chi connectivity index (χ3n) is 7.55. The lowest BCUT2D eigenvalue weighted by Crippen LogP contribution is -2.43. The molecule has 4 rings (SSSR count). The zero-order valence-corrected chi connectivity index (χ0v) is 21.9. The van der Waals surface area contributed by atoms with Gasteiger partial charge in [0.1, 0.15) is 5.82 Å². The minimum Gasteiger partial charge on any atom is -0.382 e. The maximum atomic E-state index is 12.5. The molecule has 2 aliphatic rings. The second-order valence-corrected chi connectivity index (χ2v) is 10.7. The van der Waals surface area contributed by atoms with Crippen LogP contribution in [-0.2, 0) is 11.2 Å². The Morgan fingerprint density at radius 1 is 1.21 bits per heavy atom. The first-order valence-corrected chi connectivity index (χ1v) is 13.4. The summed E-state index contributed by atoms with van der Waals surface area (Å²) in [5.41, 5.74) is 1.90. The molecule has 1 aliphatic carbocycles. The minimum absolute atomic E-state index is 0.0299. The van der Waals surface area contributed by atoms with Crippen molar-refractivity contribution in [3.8, 4) is 17.3 Å². The molecule has 0 radical (unpaired) electrons. The van der Waals surface area contributed by atoms with E-state index in [0.717, 1.165) is 43.4 Å². The molecule has 0 spiro atoms. The summed E-state index contributed by atoms with van der Waals surface area (Å²) < 4.78 is 43.0. The maximum Gasteiger partial charge on any atom is 0.415 e. The number of hydrogen-bond donors (Lipinski definition) is 3. The normalized spacial score (nSPS) is 22.4. The molecule has 1 aliphatic heterocycles. The Hall–Kier alpha value is -2.45. The molecule has 1 atom stereocenters. The van der Waals surface area contributed by atoms with Crippen LogP contribution in [0.2, 0.25) is 5.02 Å². The third-order valence-corrected chi connectivity index (χ3v) is 7.86. The molecule has 1 saturated carbocycles. The number of alkyl halides is 3. The monoisotopic (exact) mass is 551 g/mol. The molecule has 3 heterocycles. The number of rotatable bonds is 9. The van der Waals surface area contributed by atoms with Gasteiger partial charge in [-0.1, -0.05) is 17.7 Å². The Balaban J connectivity index is 1.34. The van der Waals surface area contributed by atoms with E-state index in [1.54, 1.807) is 6.20 Å². The van der Waals surface area contributed by atoms with Gasteiger partial charge < -0.3 is 20.5 Å². The standard InChI is InChI=1S/C27H33ClF3N5O2/c28-22-14-33-20(12-18-4-6-19(7-5-18)34-15-24(37)27(29,30)31)13-21(22)23-2-1-3-25(36-23)35-17-26(16-32)8-10-38-11-9-26/h1-3,13-14,18-19,24,34,37H,4-12,15,17H2,(H,35,36)/t18?,19?,24-/m0/s1. The van der Waals surface area contributed by atoms with Crippen molar-refractivity contribution in [3.63, 3.8) is 0 Å². The highest BCUT2D eigenvalue weighted by Gasteiger charge is 2.38. The van der Waals surface area contributed by atoms with E-state index >= 15 is 0 Å². The van der Waals surface area contributed by atoms with Crippen LogP contribution in [0.4, 0.5) is 19.0 Å². The van der Waals surface area contributed by atoms with Gasteiger partial charge >= 0.3 is 6.18 Å². The second kappa shape index (κ2) is 12.6. The first-order valence-electron chi connectivity index (χ1n) is 13.0. The Morgan fingerprint density at radius 2 is 1.95 bits per heavy atom. The lowest BCUT2D eigenvalue weighted by Gasteiger charge is -2.30. The van der Waals surface area contributed by atoms with Gasteiger partial charge in [-0.15, -0.1) is 0 Å². The van der Waals surface area contributed by atoms with Gasteiger partial charge in [-0.2, -0.15) is 18.4 Å². The molecule has 3 N–H and O–H groups in total. The predicted molar refractivity (Wildman–Crippen MR) is 139 cm³/mol. The SMILES string of the molecule is N#CC1(CNc2cccc(-c3cc(CC4CCC(NC[C@H](O)C(F)(F)F)CC4)ncc3Cl)n2)CCOCC1. The molecular formula is C27H33ClF3N5O2. The Kier molecular flexibility index (Phi) is 9.47. The fourth-order valence-corrected chi connectivity index (χ4v) is 5.28. The van der Waals surface area contributed by atoms with Gasteiger partial charge in [-0.05, 0) is 69.1 Å². The number of nitrogens with one attached hydrogen (secondary N) is 2. The van der Waals surface area contributed by atoms with Crippen LogP contribution in [0.25, 0.3) is 11.3 Å². The number of nitriles is 1. The number of pyridine rings is 2. The fourth-order valence-electron chi connectivity index (χ4n) is 5.08. The highest BCUT2D eigenvalue weighted by atomic mass is 35.5. The fraction of sp³-hybridized carbons (Fsp3) is 0.593. The summed E-state index contributed by atoms with van der Waals surface area (Å²) >= 11 is 6.49. The molecule has 0 unspecified atom stereocenters. The summed E-state index contributed by atoms with van der Waals surface area (Å²) in [4.78, 5) is 9.24. The quantitative estimate of drug-likeness (QED) is 0.396. The largest absolute Gasteiger partial charge is 0.415 e. The van der Waals surface area contributed by atoms with Crippen LogP contribution in [0.15, 0.2) is 30.5 Å². The van der Waals surface area contributed by atoms with E-state index in [1.807, 2.05) is 24.3 Å². The average Bonchev–Trinajstić information content (AvgIpc) is 2.92. The predicted octanol–water partition coefficient (Wildman–Crippen LogP) is 5.14. The summed E-state index contributed by atoms with van der Waals surface area (Å²) in [5, 5.41) is 25.6. The second-order valence-electron chi connectivity index (χ2n) is 10.3. The number of nitrogens with zero attached hydrogens (tertiary/aromatic N) is 3. The van der Waals surface area contributed by atoms with Gasteiger partial charge in [-0.25, -0.2) is 4.98 Å². The molecule has 2 fully saturated rings. The van der Waals surface area contributed by atoms with Gasteiger partial charge in [0, 0.05) is 49.8 Å². The lowest BCUT2D eigenvalue weighted by atomic mass is 9.82. The zero-order valence-electron chi connectivity index (χ0n) is 21.1. The molecule has 2 aromatic rings. The molecule has 0 amide bonds. The smallest absolute Gasteiger partial charge is 0.382 e. The summed E-state index contributed by atoms with van der Waals surface area (Å²) in [5.74, 6) is 1.03. The van der Waals surface area contributed by atoms with E-state index in [9.17, 15) is 23.5 Å². The molecule has 206 valence electrons. The number of aliphatic hydroxyl groups is 1. The van der Waals surface area contributed by atoms with Crippen molar-refractivity contribution < 1.29 is 23.0 Å². The van der Waals surface area contributed by atoms with E-state index < -0.39 is 24.2 Å². The maximum absolute atomic E-state index is 12.5. The van der Waals surface area contributed by atoms with Crippen LogP contribution in [0.1, 0.15) is 44.2 Å². The molecule has 7 nitrogen and oxygen atoms in total. The van der Waals surface area contributed by atoms with Crippen LogP contribution in [0.5, 0.6) is 0 Å². The van der Waals surface area contributed by atoms with Crippen molar-refractivity contribution in [2.75, 3.05) is 31.6 Å². The molecule has 2 aromatic heterocycles. The average molecular weight is 552 g/mol. The molecular weight excluding hydrogens is 519 g/mol. The van der Waals surface area contributed by atoms with E-state index in [-0.39, 0.29) is 6.04 Å². The van der Waals surface area contributed by atoms with Gasteiger partial charge in [-0.3, -0.25) is 4.98 Å². The van der Waals surface area contributed by atoms with Gasteiger partial charge in [0.2, 0.25) is 0 Å². The Morgan fingerprint density at radius 3 is 2.63 bits per heavy atom. The van der Waals surface area contributed by atoms with Crippen molar-refractivity contribution >= 4 is 17.4 Å². The van der Waals surface area contributed by atoms with Crippen molar-refractivity contribution in [1.29, 1.82) is 5.26 Å². The lowest BCUT2D eigenvalue weighted by molar-refractivity contribution is -0.202. The van der Waals surface area contributed by atoms with Crippen molar-refractivity contribution in [2.24, 2.45) is 11.3 Å². The van der Waals surface area contributed by atoms with Crippen molar-refractivity contribution in [2.45, 2.75) is 63.3 Å². The molecule has 0 aromatic carbocycles. The van der Waals surface area contributed by atoms with Crippen molar-refractivity contribution in [3.05, 3.63) is 41.2 Å². The summed E-state index contributed by atoms with van der Waals surface area (Å²) in [6, 6.07) is 10.0. The highest BCUT2D eigenvalue weighted by Crippen LogP contribution is 2.33. The number of aromatic nitrogens is 2. The molecule has 0 bridgehead atoms. The zero-order chi connectivity index (χ0) is 27.2. The Bertz CT molecular complexity index is 1110. The van der Waals surface area contributed by atoms with Gasteiger partial charge in [0.05, 0.1) is 22.2 Å². The molecule has 11 heteroatoms. The van der Waals surface area contributed by atoms with E-state index in [0.29, 0.717) is 55.1 Å². The number of ether oxygens (including phenoxy) is 1. The van der Waals surface area contributed by atoms with Crippen LogP contribution in [0, 0.1) is 22.7 Å². The summed E-state index contributed by atoms with van der Waals surface area (Å²) in [7, 11) is 0. The van der Waals surface area contributed by atoms with E-state index in [4.69, 9.17) is 21.3 Å². The first-order chi connectivity index (χ1) is 18.2. The molecule has 38 heavy (non-hydrogen) atoms. The number of hydrogen-bond acceptors (Lipinski definition) is 7. The van der Waals surface area contributed by atoms with Crippen molar-refractivity contribution in [1.82, 2.24) is 15.3 Å². The minimum atomic E-state index is -4.60. The summed E-state index contributed by atoms with van der Waals surface area (Å²) in [6.45, 7) is 1.17. The number of aliphatic hydroxyl groups excluding tert-OH is 1.